The number of aromatic carboxylic acids is 1. The Morgan fingerprint density at radius 1 is 0.684 bits per heavy atom. The molecule has 0 aliphatic carbocycles. The maximum absolute atomic E-state index is 10.9. The van der Waals surface area contributed by atoms with Crippen LogP contribution in [0, 0.1) is 20.2 Å². The molecule has 12 N–H and O–H groups in total. The Morgan fingerprint density at radius 2 is 1.18 bits per heavy atom. The number of Topliss-reactive ketones (excluding diaryl/α,β-unsaturated/α-hetero) is 1. The number of aromatic hydroxyl groups is 4. The fraction of sp³-hybridized carbons (Fsp3) is 0.150. The molecule has 0 aliphatic heterocycles. The van der Waals surface area contributed by atoms with Crippen LogP contribution in [0.25, 0.3) is 0 Å². The smallest absolute Gasteiger partial charge is 0.870 e. The van der Waals surface area contributed by atoms with E-state index in [4.69, 9.17) is 77.7 Å². The number of pyridine rings is 6. The number of nitrogen functional groups attached to an aromatic ring is 1. The zero-order valence-corrected chi connectivity index (χ0v) is 44.2. The van der Waals surface area contributed by atoms with E-state index in [9.17, 15) is 58.6 Å². The number of esters is 2. The van der Waals surface area contributed by atoms with Crippen molar-refractivity contribution in [1.29, 1.82) is 0 Å². The number of hydrogen-bond donors (Lipinski definition) is 10. The first-order chi connectivity index (χ1) is 34.7. The van der Waals surface area contributed by atoms with E-state index >= 15 is 0 Å². The van der Waals surface area contributed by atoms with Crippen molar-refractivity contribution in [3.05, 3.63) is 173 Å². The minimum atomic E-state index is -1.28. The number of halogens is 4. The first-order valence-electron chi connectivity index (χ1n) is 19.0. The van der Waals surface area contributed by atoms with Crippen LogP contribution in [0.3, 0.4) is 0 Å². The molecular weight excluding hydrogens is 1120 g/mol. The minimum Gasteiger partial charge on any atom is -0.870 e. The topological polar surface area (TPSA) is 506 Å². The average Bonchev–Trinajstić information content (AvgIpc) is 3.31. The number of nitro groups is 2. The molecule has 0 atom stereocenters. The zero-order valence-electron chi connectivity index (χ0n) is 39.2. The van der Waals surface area contributed by atoms with Crippen LogP contribution < -0.4 is 57.5 Å². The summed E-state index contributed by atoms with van der Waals surface area (Å²) in [5.41, 5.74) is 1.94. The summed E-state index contributed by atoms with van der Waals surface area (Å²) in [5.74, 6) is -4.27. The van der Waals surface area contributed by atoms with Crippen molar-refractivity contribution in [3.63, 3.8) is 0 Å². The van der Waals surface area contributed by atoms with Gasteiger partial charge in [0.15, 0.2) is 5.15 Å². The van der Waals surface area contributed by atoms with Gasteiger partial charge in [-0.2, -0.15) is 0 Å². The van der Waals surface area contributed by atoms with Crippen molar-refractivity contribution in [2.24, 2.45) is 0 Å². The molecule has 6 aromatic heterocycles. The van der Waals surface area contributed by atoms with Gasteiger partial charge in [0.25, 0.3) is 16.7 Å². The molecule has 0 aromatic carbocycles. The van der Waals surface area contributed by atoms with E-state index in [0.29, 0.717) is 10.7 Å². The van der Waals surface area contributed by atoms with E-state index in [1.165, 1.54) is 52.1 Å². The Kier molecular flexibility index (Phi) is 36.7. The quantitative estimate of drug-likeness (QED) is 0.0133. The third kappa shape index (κ3) is 28.5. The Bertz CT molecular complexity index is 3070. The van der Waals surface area contributed by atoms with Gasteiger partial charge in [-0.1, -0.05) is 46.4 Å². The number of carbonyl (C=O) groups is 4. The second-order valence-electron chi connectivity index (χ2n) is 12.4. The monoisotopic (exact) mass is 1160 g/mol. The van der Waals surface area contributed by atoms with Crippen molar-refractivity contribution in [2.45, 2.75) is 12.8 Å². The number of carboxylic acid groups (broad SMARTS) is 1. The molecule has 0 amide bonds. The Morgan fingerprint density at radius 3 is 1.55 bits per heavy atom. The number of hydrogen-bond acceptors (Lipinski definition) is 24. The van der Waals surface area contributed by atoms with Gasteiger partial charge in [0.1, 0.15) is 45.6 Å². The Hall–Kier alpha value is -7.98. The number of carbonyl (C=O) groups excluding carboxylic acids is 3. The number of aromatic amines is 4. The second kappa shape index (κ2) is 38.6. The van der Waals surface area contributed by atoms with Gasteiger partial charge in [-0.15, -0.1) is 0 Å². The SMILES string of the molecule is COC(=O)c1c[nH]c(=O)cc1O.COOCCC(=O)CC(=O)OC.Nc1c(Cl)ccnc1Cl.O=C(O)c1c[nH]c(=O)cc1O.O=[N+]([O-])c1c(Cl)ccnc1Cl.O=c1[nH]ccc(O)c1[N+](=O)[O-].O=c1cc(O)cc[nH]1.[Na+].[OH-]. The maximum Gasteiger partial charge on any atom is 1.00 e. The second-order valence-corrected chi connectivity index (χ2v) is 13.9. The molecule has 0 unspecified atom stereocenters. The number of ketones is 1. The molecule has 0 saturated heterocycles. The van der Waals surface area contributed by atoms with E-state index in [-0.39, 0.29) is 109 Å². The number of rotatable bonds is 10. The third-order valence-corrected chi connectivity index (χ3v) is 8.56. The maximum atomic E-state index is 10.9. The van der Waals surface area contributed by atoms with E-state index in [0.717, 1.165) is 42.9 Å². The summed E-state index contributed by atoms with van der Waals surface area (Å²) in [6.45, 7) is 0.159. The molecule has 6 heterocycles. The summed E-state index contributed by atoms with van der Waals surface area (Å²) >= 11 is 21.9. The van der Waals surface area contributed by atoms with Gasteiger partial charge in [-0.3, -0.25) is 49.0 Å². The van der Waals surface area contributed by atoms with Crippen LogP contribution in [0.15, 0.2) is 98.8 Å². The van der Waals surface area contributed by atoms with Crippen LogP contribution >= 0.6 is 46.4 Å². The summed E-state index contributed by atoms with van der Waals surface area (Å²) in [5, 5.41) is 64.5. The minimum absolute atomic E-state index is 0. The molecule has 0 radical (unpaired) electrons. The summed E-state index contributed by atoms with van der Waals surface area (Å²) in [6, 6.07) is 8.17. The number of H-pyrrole nitrogens is 4. The molecule has 0 spiro atoms. The fourth-order valence-corrected chi connectivity index (χ4v) is 4.83. The van der Waals surface area contributed by atoms with E-state index in [1.54, 1.807) is 6.07 Å². The van der Waals surface area contributed by atoms with E-state index in [1.807, 2.05) is 0 Å². The van der Waals surface area contributed by atoms with Gasteiger partial charge < -0.3 is 66.2 Å². The molecule has 0 fully saturated rings. The van der Waals surface area contributed by atoms with Crippen molar-refractivity contribution in [1.82, 2.24) is 29.9 Å². The molecule has 31 nitrogen and oxygen atoms in total. The van der Waals surface area contributed by atoms with Gasteiger partial charge in [-0.05, 0) is 18.2 Å². The number of ether oxygens (including phenoxy) is 2. The van der Waals surface area contributed by atoms with Gasteiger partial charge in [0.2, 0.25) is 10.9 Å². The predicted octanol–water partition coefficient (Wildman–Crippen LogP) is 0.896. The zero-order chi connectivity index (χ0) is 56.7. The van der Waals surface area contributed by atoms with E-state index in [2.05, 4.69) is 49.2 Å². The van der Waals surface area contributed by atoms with E-state index < -0.39 is 61.6 Å². The van der Waals surface area contributed by atoms with Crippen LogP contribution in [0.2, 0.25) is 20.4 Å². The number of nitrogens with one attached hydrogen (secondary N) is 4. The number of nitrogens with two attached hydrogens (primary N) is 1. The summed E-state index contributed by atoms with van der Waals surface area (Å²) in [7, 11) is 3.78. The Balaban J connectivity index is -0.000000817. The molecule has 76 heavy (non-hydrogen) atoms. The first-order valence-corrected chi connectivity index (χ1v) is 20.5. The standard InChI is InChI=1S/C7H7NO4.C7H12O5.C6H5NO4.C5H2Cl2N2O2.C5H4Cl2N2.C5H4N2O4.C5H5NO2.Na.H2O/c1-12-7(11)4-3-8-6(10)2-5(4)9;1-10-7(9)5-6(8)3-4-12-11-2;8-4-1-5(9)7-2-3(4)6(10)11;6-3-1-2-8-5(7)4(3)9(10)11;6-3-1-2-9-5(7)4(3)8;8-3-1-2-6-5(9)4(3)7(10)11;7-4-1-2-6-5(8)3-4;;/h2-3H,1H3,(H2,8,9,10);3-5H2,1-2H3;1-2H,(H,10,11)(H2,7,8,9);1-2H;1-2H,8H2;1-2H,(H2,6,8,9);1-3H,(H2,6,7,8);;1H2/q;;;;;;;+1;/p-1. The van der Waals surface area contributed by atoms with Gasteiger partial charge in [0, 0.05) is 67.9 Å². The van der Waals surface area contributed by atoms with Crippen LogP contribution in [0.4, 0.5) is 17.1 Å². The molecule has 6 aromatic rings. The molecule has 36 heteroatoms. The molecular formula is C40H40Cl4N9NaO22. The molecule has 0 bridgehead atoms. The predicted molar refractivity (Wildman–Crippen MR) is 261 cm³/mol. The summed E-state index contributed by atoms with van der Waals surface area (Å²) < 4.78 is 8.63. The Labute approximate surface area is 465 Å². The normalized spacial score (nSPS) is 9.20. The number of aromatic nitrogens is 6. The van der Waals surface area contributed by atoms with Gasteiger partial charge in [0.05, 0.1) is 48.5 Å². The molecule has 0 saturated carbocycles. The van der Waals surface area contributed by atoms with Crippen LogP contribution in [0.5, 0.6) is 23.0 Å². The van der Waals surface area contributed by atoms with Crippen molar-refractivity contribution < 1.29 is 109 Å². The summed E-state index contributed by atoms with van der Waals surface area (Å²) in [4.78, 5) is 128. The number of anilines is 1. The van der Waals surface area contributed by atoms with Crippen molar-refractivity contribution >= 4 is 87.2 Å². The van der Waals surface area contributed by atoms with Crippen molar-refractivity contribution in [3.8, 4) is 23.0 Å². The first kappa shape index (κ1) is 72.3. The van der Waals surface area contributed by atoms with Crippen LogP contribution in [0.1, 0.15) is 33.6 Å². The average molecular weight is 1160 g/mol. The van der Waals surface area contributed by atoms with Gasteiger partial charge in [-0.25, -0.2) is 29.3 Å². The van der Waals surface area contributed by atoms with Crippen LogP contribution in [-0.2, 0) is 28.8 Å². The number of methoxy groups -OCH3 is 2. The fourth-order valence-electron chi connectivity index (χ4n) is 3.99. The van der Waals surface area contributed by atoms with Crippen molar-refractivity contribution in [2.75, 3.05) is 33.7 Å². The van der Waals surface area contributed by atoms with Crippen LogP contribution in [-0.4, -0.2) is 122 Å². The number of nitrogens with zero attached hydrogens (tertiary/aromatic N) is 4. The third-order valence-electron chi connectivity index (χ3n) is 7.35. The van der Waals surface area contributed by atoms with Gasteiger partial charge >= 0.3 is 64.4 Å². The molecule has 0 aliphatic rings. The summed E-state index contributed by atoms with van der Waals surface area (Å²) in [6.07, 6.45) is 7.32. The number of carboxylic acids is 1. The largest absolute Gasteiger partial charge is 1.00 e. The molecule has 6 rings (SSSR count). The molecule has 406 valence electrons.